The molecule has 2 aromatic carbocycles. The van der Waals surface area contributed by atoms with Crippen molar-refractivity contribution < 1.29 is 22.7 Å². The highest BCUT2D eigenvalue weighted by Gasteiger charge is 2.29. The number of halogens is 1. The van der Waals surface area contributed by atoms with Gasteiger partial charge in [-0.1, -0.05) is 37.6 Å². The third-order valence-corrected chi connectivity index (χ3v) is 7.69. The summed E-state index contributed by atoms with van der Waals surface area (Å²) in [5, 5.41) is 3.57. The summed E-state index contributed by atoms with van der Waals surface area (Å²) in [5.74, 6) is 0.238. The van der Waals surface area contributed by atoms with Crippen molar-refractivity contribution in [1.29, 1.82) is 0 Å². The lowest BCUT2D eigenvalue weighted by molar-refractivity contribution is -0.141. The highest BCUT2D eigenvalue weighted by Crippen LogP contribution is 2.23. The van der Waals surface area contributed by atoms with E-state index in [9.17, 15) is 18.0 Å². The largest absolute Gasteiger partial charge is 0.494 e. The van der Waals surface area contributed by atoms with Crippen LogP contribution in [-0.4, -0.2) is 56.6 Å². The quantitative estimate of drug-likeness (QED) is 0.327. The van der Waals surface area contributed by atoms with E-state index < -0.39 is 16.1 Å². The van der Waals surface area contributed by atoms with Crippen molar-refractivity contribution in [2.45, 2.75) is 72.0 Å². The molecule has 8 nitrogen and oxygen atoms in total. The van der Waals surface area contributed by atoms with E-state index in [4.69, 9.17) is 16.3 Å². The maximum atomic E-state index is 13.5. The Bertz CT molecular complexity index is 1140. The number of hydrogen-bond acceptors (Lipinski definition) is 5. The van der Waals surface area contributed by atoms with Crippen molar-refractivity contribution in [2.24, 2.45) is 0 Å². The van der Waals surface area contributed by atoms with Gasteiger partial charge in [0.2, 0.25) is 21.8 Å². The molecule has 0 fully saturated rings. The number of carbonyl (C=O) groups excluding carboxylic acids is 2. The van der Waals surface area contributed by atoms with Crippen LogP contribution in [-0.2, 0) is 26.2 Å². The summed E-state index contributed by atoms with van der Waals surface area (Å²) in [6.45, 7) is 8.55. The molecule has 2 amide bonds. The first-order chi connectivity index (χ1) is 18.0. The first kappa shape index (κ1) is 31.4. The van der Waals surface area contributed by atoms with E-state index in [2.05, 4.69) is 5.32 Å². The van der Waals surface area contributed by atoms with Gasteiger partial charge >= 0.3 is 0 Å². The second-order valence-corrected chi connectivity index (χ2v) is 11.6. The zero-order chi connectivity index (χ0) is 28.3. The lowest BCUT2D eigenvalue weighted by atomic mass is 10.1. The number of hydrogen-bond donors (Lipinski definition) is 1. The molecular weight excluding hydrogens is 526 g/mol. The lowest BCUT2D eigenvalue weighted by Crippen LogP contribution is -2.50. The van der Waals surface area contributed by atoms with Gasteiger partial charge in [-0.2, -0.15) is 0 Å². The number of sulfonamides is 1. The summed E-state index contributed by atoms with van der Waals surface area (Å²) in [7, 11) is -3.57. The summed E-state index contributed by atoms with van der Waals surface area (Å²) in [6, 6.07) is 13.3. The molecule has 0 aliphatic carbocycles. The fourth-order valence-corrected chi connectivity index (χ4v) is 5.12. The van der Waals surface area contributed by atoms with Crippen molar-refractivity contribution in [3.63, 3.8) is 0 Å². The van der Waals surface area contributed by atoms with Gasteiger partial charge < -0.3 is 15.0 Å². The van der Waals surface area contributed by atoms with Gasteiger partial charge in [0.05, 0.1) is 18.6 Å². The topological polar surface area (TPSA) is 96.0 Å². The van der Waals surface area contributed by atoms with E-state index in [1.807, 2.05) is 39.8 Å². The molecule has 0 unspecified atom stereocenters. The third kappa shape index (κ3) is 9.51. The van der Waals surface area contributed by atoms with Crippen LogP contribution in [0, 0.1) is 0 Å². The summed E-state index contributed by atoms with van der Waals surface area (Å²) >= 11 is 6.03. The Hall–Kier alpha value is -2.78. The number of nitrogens with zero attached hydrogens (tertiary/aromatic N) is 2. The first-order valence-electron chi connectivity index (χ1n) is 13.0. The molecule has 38 heavy (non-hydrogen) atoms. The molecule has 210 valence electrons. The van der Waals surface area contributed by atoms with Crippen LogP contribution in [0.5, 0.6) is 5.75 Å². The average Bonchev–Trinajstić information content (AvgIpc) is 2.87. The van der Waals surface area contributed by atoms with Crippen molar-refractivity contribution in [2.75, 3.05) is 23.7 Å². The minimum atomic E-state index is -3.57. The fraction of sp³-hybridized carbons (Fsp3) is 0.500. The molecule has 0 saturated heterocycles. The number of carbonyl (C=O) groups is 2. The number of nitrogens with one attached hydrogen (secondary N) is 1. The Morgan fingerprint density at radius 2 is 1.63 bits per heavy atom. The molecule has 0 aromatic heterocycles. The zero-order valence-corrected chi connectivity index (χ0v) is 24.5. The normalized spacial score (nSPS) is 12.9. The molecule has 0 bridgehead atoms. The van der Waals surface area contributed by atoms with Gasteiger partial charge in [-0.3, -0.25) is 13.9 Å². The van der Waals surface area contributed by atoms with Crippen LogP contribution in [0.3, 0.4) is 0 Å². The number of ether oxygens (including phenoxy) is 1. The molecule has 10 heteroatoms. The maximum absolute atomic E-state index is 13.5. The minimum absolute atomic E-state index is 0.0125. The van der Waals surface area contributed by atoms with Crippen LogP contribution in [0.4, 0.5) is 5.69 Å². The van der Waals surface area contributed by atoms with Gasteiger partial charge in [0.1, 0.15) is 11.8 Å². The molecule has 0 spiro atoms. The molecule has 0 aliphatic rings. The van der Waals surface area contributed by atoms with Gasteiger partial charge in [-0.15, -0.1) is 0 Å². The lowest BCUT2D eigenvalue weighted by Gasteiger charge is -2.32. The van der Waals surface area contributed by atoms with Crippen molar-refractivity contribution >= 4 is 39.1 Å². The van der Waals surface area contributed by atoms with Crippen LogP contribution in [0.25, 0.3) is 0 Å². The van der Waals surface area contributed by atoms with Crippen LogP contribution < -0.4 is 14.4 Å². The smallest absolute Gasteiger partial charge is 0.243 e. The Balaban J connectivity index is 2.20. The molecule has 0 heterocycles. The number of amides is 2. The zero-order valence-electron chi connectivity index (χ0n) is 22.9. The SMILES string of the molecule is CCOc1ccc(N(CCCC(=O)N(Cc2ccc(Cl)cc2)[C@@H](CC)C(=O)N[C@@H](C)CC)S(C)(=O)=O)cc1. The standard InChI is InChI=1S/C28H40ClN3O5S/c1-6-21(4)30-28(34)26(7-2)31(20-22-11-13-23(29)14-12-22)27(33)10-9-19-32(38(5,35)36)24-15-17-25(18-16-24)37-8-3/h11-18,21,26H,6-10,19-20H2,1-5H3,(H,30,34)/t21-,26-/m0/s1. The van der Waals surface area contributed by atoms with E-state index in [1.54, 1.807) is 41.3 Å². The number of benzene rings is 2. The van der Waals surface area contributed by atoms with Crippen LogP contribution in [0.1, 0.15) is 58.9 Å². The van der Waals surface area contributed by atoms with Gasteiger partial charge in [0.25, 0.3) is 0 Å². The Labute approximate surface area is 232 Å². The molecule has 2 rings (SSSR count). The molecule has 0 saturated carbocycles. The predicted molar refractivity (Wildman–Crippen MR) is 153 cm³/mol. The fourth-order valence-electron chi connectivity index (χ4n) is 4.03. The second kappa shape index (κ2) is 15.0. The van der Waals surface area contributed by atoms with Crippen molar-refractivity contribution in [3.8, 4) is 5.75 Å². The minimum Gasteiger partial charge on any atom is -0.494 e. The molecule has 1 N–H and O–H groups in total. The Morgan fingerprint density at radius 3 is 2.16 bits per heavy atom. The second-order valence-electron chi connectivity index (χ2n) is 9.26. The highest BCUT2D eigenvalue weighted by atomic mass is 35.5. The monoisotopic (exact) mass is 565 g/mol. The number of anilines is 1. The van der Waals surface area contributed by atoms with Gasteiger partial charge in [-0.25, -0.2) is 8.42 Å². The van der Waals surface area contributed by atoms with Gasteiger partial charge in [0.15, 0.2) is 0 Å². The molecular formula is C28H40ClN3O5S. The maximum Gasteiger partial charge on any atom is 0.243 e. The van der Waals surface area contributed by atoms with Gasteiger partial charge in [-0.05, 0) is 75.1 Å². The van der Waals surface area contributed by atoms with Crippen molar-refractivity contribution in [1.82, 2.24) is 10.2 Å². The van der Waals surface area contributed by atoms with E-state index in [0.29, 0.717) is 35.9 Å². The van der Waals surface area contributed by atoms with E-state index in [1.165, 1.54) is 4.31 Å². The Morgan fingerprint density at radius 1 is 1.00 bits per heavy atom. The van der Waals surface area contributed by atoms with Crippen LogP contribution >= 0.6 is 11.6 Å². The first-order valence-corrected chi connectivity index (χ1v) is 15.3. The summed E-state index contributed by atoms with van der Waals surface area (Å²) in [6.07, 6.45) is 2.75. The molecule has 0 radical (unpaired) electrons. The Kier molecular flexibility index (Phi) is 12.4. The van der Waals surface area contributed by atoms with Crippen LogP contribution in [0.15, 0.2) is 48.5 Å². The summed E-state index contributed by atoms with van der Waals surface area (Å²) in [5.41, 5.74) is 1.35. The molecule has 0 aliphatic heterocycles. The van der Waals surface area contributed by atoms with E-state index >= 15 is 0 Å². The van der Waals surface area contributed by atoms with E-state index in [0.717, 1.165) is 18.2 Å². The molecule has 2 atom stereocenters. The number of rotatable bonds is 15. The van der Waals surface area contributed by atoms with Crippen molar-refractivity contribution in [3.05, 3.63) is 59.1 Å². The average molecular weight is 566 g/mol. The summed E-state index contributed by atoms with van der Waals surface area (Å²) in [4.78, 5) is 28.2. The predicted octanol–water partition coefficient (Wildman–Crippen LogP) is 5.01. The van der Waals surface area contributed by atoms with Gasteiger partial charge in [0, 0.05) is 30.6 Å². The summed E-state index contributed by atoms with van der Waals surface area (Å²) < 4.78 is 31.8. The van der Waals surface area contributed by atoms with E-state index in [-0.39, 0.29) is 37.4 Å². The highest BCUT2D eigenvalue weighted by molar-refractivity contribution is 7.92. The van der Waals surface area contributed by atoms with Crippen LogP contribution in [0.2, 0.25) is 5.02 Å². The third-order valence-electron chi connectivity index (χ3n) is 6.24. The molecule has 2 aromatic rings.